The molecule has 2 nitrogen and oxygen atoms in total. The zero-order valence-electron chi connectivity index (χ0n) is 12.3. The van der Waals surface area contributed by atoms with Gasteiger partial charge >= 0.3 is 0 Å². The van der Waals surface area contributed by atoms with Gasteiger partial charge in [-0.05, 0) is 38.9 Å². The maximum Gasteiger partial charge on any atom is 0.130 e. The zero-order chi connectivity index (χ0) is 14.5. The van der Waals surface area contributed by atoms with Crippen molar-refractivity contribution in [2.75, 3.05) is 13.1 Å². The van der Waals surface area contributed by atoms with Crippen LogP contribution in [0.2, 0.25) is 0 Å². The minimum atomic E-state index is -0.512. The Bertz CT molecular complexity index is 436. The molecule has 20 heavy (non-hydrogen) atoms. The number of benzene rings is 1. The molecule has 1 aliphatic rings. The van der Waals surface area contributed by atoms with Crippen LogP contribution < -0.4 is 5.32 Å². The number of likely N-dealkylation sites (N-methyl/N-ethyl adjacent to an activating group) is 1. The number of likely N-dealkylation sites (tertiary alicyclic amines) is 1. The maximum atomic E-state index is 13.8. The van der Waals surface area contributed by atoms with Crippen molar-refractivity contribution in [3.8, 4) is 0 Å². The third-order valence-corrected chi connectivity index (χ3v) is 4.16. The SMILES string of the molecule is CCNC(C)C1CCCCN1Cc1ccc(F)cc1F. The van der Waals surface area contributed by atoms with Crippen LogP contribution in [0.1, 0.15) is 38.7 Å². The van der Waals surface area contributed by atoms with Crippen LogP contribution in [-0.4, -0.2) is 30.1 Å². The molecule has 1 saturated heterocycles. The largest absolute Gasteiger partial charge is 0.313 e. The van der Waals surface area contributed by atoms with Gasteiger partial charge in [-0.1, -0.05) is 19.4 Å². The van der Waals surface area contributed by atoms with Crippen molar-refractivity contribution in [3.63, 3.8) is 0 Å². The summed E-state index contributed by atoms with van der Waals surface area (Å²) in [6.45, 7) is 6.77. The normalized spacial score (nSPS) is 21.9. The van der Waals surface area contributed by atoms with E-state index in [4.69, 9.17) is 0 Å². The molecule has 2 atom stereocenters. The van der Waals surface area contributed by atoms with Crippen LogP contribution in [0.5, 0.6) is 0 Å². The standard InChI is InChI=1S/C16H24F2N2/c1-3-19-12(2)16-6-4-5-9-20(16)11-13-7-8-14(17)10-15(13)18/h7-8,10,12,16,19H,3-6,9,11H2,1-2H3. The Balaban J connectivity index is 2.08. The summed E-state index contributed by atoms with van der Waals surface area (Å²) < 4.78 is 26.8. The van der Waals surface area contributed by atoms with Crippen LogP contribution >= 0.6 is 0 Å². The van der Waals surface area contributed by atoms with E-state index < -0.39 is 11.6 Å². The van der Waals surface area contributed by atoms with Gasteiger partial charge in [0.2, 0.25) is 0 Å². The molecule has 0 amide bonds. The van der Waals surface area contributed by atoms with Crippen LogP contribution in [0.15, 0.2) is 18.2 Å². The molecule has 1 aliphatic heterocycles. The molecule has 0 radical (unpaired) electrons. The molecule has 1 fully saturated rings. The lowest BCUT2D eigenvalue weighted by atomic mass is 9.95. The summed E-state index contributed by atoms with van der Waals surface area (Å²) in [5, 5.41) is 3.46. The summed E-state index contributed by atoms with van der Waals surface area (Å²) in [5.41, 5.74) is 0.585. The Morgan fingerprint density at radius 3 is 2.85 bits per heavy atom. The molecule has 1 aromatic carbocycles. The van der Waals surface area contributed by atoms with E-state index in [-0.39, 0.29) is 0 Å². The lowest BCUT2D eigenvalue weighted by Gasteiger charge is -2.39. The molecular weight excluding hydrogens is 258 g/mol. The minimum Gasteiger partial charge on any atom is -0.313 e. The average Bonchev–Trinajstić information content (AvgIpc) is 2.43. The van der Waals surface area contributed by atoms with Crippen LogP contribution in [0.4, 0.5) is 8.78 Å². The number of hydrogen-bond donors (Lipinski definition) is 1. The summed E-state index contributed by atoms with van der Waals surface area (Å²) in [6, 6.07) is 4.69. The zero-order valence-corrected chi connectivity index (χ0v) is 12.3. The fourth-order valence-corrected chi connectivity index (χ4v) is 3.11. The van der Waals surface area contributed by atoms with Gasteiger partial charge in [-0.3, -0.25) is 4.90 Å². The Morgan fingerprint density at radius 2 is 2.15 bits per heavy atom. The number of piperidine rings is 1. The summed E-state index contributed by atoms with van der Waals surface area (Å²) in [4.78, 5) is 2.33. The second-order valence-electron chi connectivity index (χ2n) is 5.62. The smallest absolute Gasteiger partial charge is 0.130 e. The van der Waals surface area contributed by atoms with Gasteiger partial charge in [-0.25, -0.2) is 8.78 Å². The van der Waals surface area contributed by atoms with E-state index in [1.807, 2.05) is 0 Å². The van der Waals surface area contributed by atoms with Gasteiger partial charge in [0.25, 0.3) is 0 Å². The summed E-state index contributed by atoms with van der Waals surface area (Å²) in [6.07, 6.45) is 3.51. The number of nitrogens with one attached hydrogen (secondary N) is 1. The minimum absolute atomic E-state index is 0.392. The monoisotopic (exact) mass is 282 g/mol. The highest BCUT2D eigenvalue weighted by Gasteiger charge is 2.27. The molecule has 0 saturated carbocycles. The Hall–Kier alpha value is -1.00. The fourth-order valence-electron chi connectivity index (χ4n) is 3.11. The highest BCUT2D eigenvalue weighted by Crippen LogP contribution is 2.23. The van der Waals surface area contributed by atoms with E-state index in [1.54, 1.807) is 6.07 Å². The number of halogens is 2. The van der Waals surface area contributed by atoms with Gasteiger partial charge in [0.1, 0.15) is 11.6 Å². The Labute approximate surface area is 120 Å². The van der Waals surface area contributed by atoms with E-state index in [9.17, 15) is 8.78 Å². The van der Waals surface area contributed by atoms with E-state index in [0.29, 0.717) is 24.2 Å². The third kappa shape index (κ3) is 3.76. The van der Waals surface area contributed by atoms with Crippen LogP contribution in [0, 0.1) is 11.6 Å². The summed E-state index contributed by atoms with van der Waals surface area (Å²) in [7, 11) is 0. The van der Waals surface area contributed by atoms with Crippen LogP contribution in [0.25, 0.3) is 0 Å². The van der Waals surface area contributed by atoms with Crippen molar-refractivity contribution < 1.29 is 8.78 Å². The first-order valence-electron chi connectivity index (χ1n) is 7.53. The molecule has 4 heteroatoms. The lowest BCUT2D eigenvalue weighted by Crippen LogP contribution is -2.50. The van der Waals surface area contributed by atoms with Gasteiger partial charge in [0.05, 0.1) is 0 Å². The summed E-state index contributed by atoms with van der Waals surface area (Å²) in [5.74, 6) is -0.951. The predicted octanol–water partition coefficient (Wildman–Crippen LogP) is 3.32. The second-order valence-corrected chi connectivity index (χ2v) is 5.62. The molecule has 0 bridgehead atoms. The van der Waals surface area contributed by atoms with E-state index in [2.05, 4.69) is 24.1 Å². The van der Waals surface area contributed by atoms with Crippen molar-refractivity contribution in [3.05, 3.63) is 35.4 Å². The first kappa shape index (κ1) is 15.4. The number of rotatable bonds is 5. The van der Waals surface area contributed by atoms with Crippen molar-refractivity contribution in [1.82, 2.24) is 10.2 Å². The Morgan fingerprint density at radius 1 is 1.35 bits per heavy atom. The van der Waals surface area contributed by atoms with Crippen LogP contribution in [-0.2, 0) is 6.54 Å². The van der Waals surface area contributed by atoms with E-state index in [0.717, 1.165) is 32.0 Å². The van der Waals surface area contributed by atoms with Crippen molar-refractivity contribution in [1.29, 1.82) is 0 Å². The predicted molar refractivity (Wildman–Crippen MR) is 77.5 cm³/mol. The highest BCUT2D eigenvalue weighted by molar-refractivity contribution is 5.18. The molecule has 112 valence electrons. The molecule has 2 unspecified atom stereocenters. The maximum absolute atomic E-state index is 13.8. The Kier molecular flexibility index (Phi) is 5.49. The molecule has 2 rings (SSSR count). The fraction of sp³-hybridized carbons (Fsp3) is 0.625. The molecular formula is C16H24F2N2. The molecule has 0 aromatic heterocycles. The first-order chi connectivity index (χ1) is 9.61. The van der Waals surface area contributed by atoms with Crippen molar-refractivity contribution in [2.24, 2.45) is 0 Å². The molecule has 1 N–H and O–H groups in total. The molecule has 0 aliphatic carbocycles. The molecule has 1 heterocycles. The first-order valence-corrected chi connectivity index (χ1v) is 7.53. The van der Waals surface area contributed by atoms with Crippen LogP contribution in [0.3, 0.4) is 0 Å². The van der Waals surface area contributed by atoms with E-state index in [1.165, 1.54) is 12.5 Å². The lowest BCUT2D eigenvalue weighted by molar-refractivity contribution is 0.111. The van der Waals surface area contributed by atoms with E-state index >= 15 is 0 Å². The molecule has 1 aromatic rings. The second kappa shape index (κ2) is 7.14. The van der Waals surface area contributed by atoms with Crippen molar-refractivity contribution >= 4 is 0 Å². The average molecular weight is 282 g/mol. The third-order valence-electron chi connectivity index (χ3n) is 4.16. The van der Waals surface area contributed by atoms with Gasteiger partial charge in [0, 0.05) is 30.3 Å². The quantitative estimate of drug-likeness (QED) is 0.891. The summed E-state index contributed by atoms with van der Waals surface area (Å²) >= 11 is 0. The van der Waals surface area contributed by atoms with Gasteiger partial charge < -0.3 is 5.32 Å². The van der Waals surface area contributed by atoms with Gasteiger partial charge in [-0.2, -0.15) is 0 Å². The van der Waals surface area contributed by atoms with Gasteiger partial charge in [0.15, 0.2) is 0 Å². The number of hydrogen-bond acceptors (Lipinski definition) is 2. The highest BCUT2D eigenvalue weighted by atomic mass is 19.1. The topological polar surface area (TPSA) is 15.3 Å². The molecule has 0 spiro atoms. The van der Waals surface area contributed by atoms with Gasteiger partial charge in [-0.15, -0.1) is 0 Å². The number of nitrogens with zero attached hydrogens (tertiary/aromatic N) is 1. The van der Waals surface area contributed by atoms with Crippen molar-refractivity contribution in [2.45, 2.75) is 51.7 Å².